The van der Waals surface area contributed by atoms with Crippen molar-refractivity contribution in [2.24, 2.45) is 0 Å². The first-order valence-electron chi connectivity index (χ1n) is 4.64. The van der Waals surface area contributed by atoms with Crippen molar-refractivity contribution in [2.75, 3.05) is 11.9 Å². The molecule has 0 saturated heterocycles. The van der Waals surface area contributed by atoms with Crippen LogP contribution in [0.15, 0.2) is 18.2 Å². The van der Waals surface area contributed by atoms with Gasteiger partial charge in [-0.05, 0) is 19.4 Å². The van der Waals surface area contributed by atoms with Gasteiger partial charge >= 0.3 is 0 Å². The molecule has 0 atom stereocenters. The Morgan fingerprint density at radius 3 is 2.79 bits per heavy atom. The Kier molecular flexibility index (Phi) is 3.45. The van der Waals surface area contributed by atoms with Crippen molar-refractivity contribution >= 4 is 11.4 Å². The quantitative estimate of drug-likeness (QED) is 0.592. The molecule has 0 aromatic heterocycles. The van der Waals surface area contributed by atoms with E-state index in [1.54, 1.807) is 19.1 Å². The number of rotatable bonds is 4. The summed E-state index contributed by atoms with van der Waals surface area (Å²) < 4.78 is 0. The predicted octanol–water partition coefficient (Wildman–Crippen LogP) is 2.73. The van der Waals surface area contributed by atoms with Crippen LogP contribution in [0.2, 0.25) is 0 Å². The van der Waals surface area contributed by atoms with Gasteiger partial charge in [-0.15, -0.1) is 0 Å². The summed E-state index contributed by atoms with van der Waals surface area (Å²) in [6.07, 6.45) is 1.00. The van der Waals surface area contributed by atoms with Gasteiger partial charge in [-0.3, -0.25) is 10.1 Å². The van der Waals surface area contributed by atoms with Gasteiger partial charge in [0.2, 0.25) is 0 Å². The first-order valence-corrected chi connectivity index (χ1v) is 4.64. The highest BCUT2D eigenvalue weighted by Gasteiger charge is 2.10. The van der Waals surface area contributed by atoms with E-state index in [-0.39, 0.29) is 10.6 Å². The summed E-state index contributed by atoms with van der Waals surface area (Å²) in [5.74, 6) is 0. The van der Waals surface area contributed by atoms with Crippen molar-refractivity contribution in [1.82, 2.24) is 0 Å². The van der Waals surface area contributed by atoms with Crippen molar-refractivity contribution in [2.45, 2.75) is 20.3 Å². The third-order valence-electron chi connectivity index (χ3n) is 1.98. The molecule has 4 nitrogen and oxygen atoms in total. The van der Waals surface area contributed by atoms with Crippen molar-refractivity contribution in [3.05, 3.63) is 33.9 Å². The fraction of sp³-hybridized carbons (Fsp3) is 0.400. The molecule has 4 heteroatoms. The zero-order valence-corrected chi connectivity index (χ0v) is 8.41. The molecule has 0 radical (unpaired) electrons. The van der Waals surface area contributed by atoms with E-state index >= 15 is 0 Å². The molecule has 0 fully saturated rings. The van der Waals surface area contributed by atoms with Crippen LogP contribution in [-0.2, 0) is 0 Å². The summed E-state index contributed by atoms with van der Waals surface area (Å²) in [5, 5.41) is 13.7. The van der Waals surface area contributed by atoms with Gasteiger partial charge in [0.1, 0.15) is 0 Å². The minimum absolute atomic E-state index is 0.172. The van der Waals surface area contributed by atoms with E-state index in [0.717, 1.165) is 18.7 Å². The van der Waals surface area contributed by atoms with Crippen LogP contribution in [0.5, 0.6) is 0 Å². The third kappa shape index (κ3) is 2.45. The molecular weight excluding hydrogens is 180 g/mol. The monoisotopic (exact) mass is 194 g/mol. The number of hydrogen-bond acceptors (Lipinski definition) is 3. The zero-order chi connectivity index (χ0) is 10.6. The maximum Gasteiger partial charge on any atom is 0.274 e. The van der Waals surface area contributed by atoms with Crippen LogP contribution in [0.3, 0.4) is 0 Å². The second-order valence-electron chi connectivity index (χ2n) is 3.19. The van der Waals surface area contributed by atoms with E-state index in [1.165, 1.54) is 0 Å². The van der Waals surface area contributed by atoms with Gasteiger partial charge in [-0.1, -0.05) is 13.0 Å². The molecule has 1 aromatic rings. The number of anilines is 1. The van der Waals surface area contributed by atoms with Crippen LogP contribution in [0.1, 0.15) is 18.9 Å². The smallest absolute Gasteiger partial charge is 0.274 e. The molecular formula is C10H14N2O2. The van der Waals surface area contributed by atoms with Crippen LogP contribution < -0.4 is 5.32 Å². The molecule has 0 amide bonds. The lowest BCUT2D eigenvalue weighted by molar-refractivity contribution is -0.385. The van der Waals surface area contributed by atoms with Gasteiger partial charge in [0, 0.05) is 23.9 Å². The van der Waals surface area contributed by atoms with Crippen LogP contribution in [0, 0.1) is 17.0 Å². The van der Waals surface area contributed by atoms with E-state index in [9.17, 15) is 10.1 Å². The summed E-state index contributed by atoms with van der Waals surface area (Å²) in [6, 6.07) is 5.19. The Balaban J connectivity index is 2.89. The van der Waals surface area contributed by atoms with Crippen LogP contribution >= 0.6 is 0 Å². The van der Waals surface area contributed by atoms with Crippen molar-refractivity contribution in [1.29, 1.82) is 0 Å². The molecule has 0 unspecified atom stereocenters. The Labute approximate surface area is 83.1 Å². The highest BCUT2D eigenvalue weighted by Crippen LogP contribution is 2.21. The van der Waals surface area contributed by atoms with Gasteiger partial charge in [-0.25, -0.2) is 0 Å². The molecule has 0 spiro atoms. The molecule has 0 saturated carbocycles. The number of benzene rings is 1. The lowest BCUT2D eigenvalue weighted by atomic mass is 10.2. The lowest BCUT2D eigenvalue weighted by Crippen LogP contribution is -2.00. The first kappa shape index (κ1) is 10.5. The molecule has 0 heterocycles. The molecule has 0 aliphatic rings. The van der Waals surface area contributed by atoms with Crippen molar-refractivity contribution < 1.29 is 4.92 Å². The topological polar surface area (TPSA) is 55.2 Å². The lowest BCUT2D eigenvalue weighted by Gasteiger charge is -2.05. The summed E-state index contributed by atoms with van der Waals surface area (Å²) in [7, 11) is 0. The summed E-state index contributed by atoms with van der Waals surface area (Å²) in [5.41, 5.74) is 1.67. The summed E-state index contributed by atoms with van der Waals surface area (Å²) in [4.78, 5) is 10.3. The second kappa shape index (κ2) is 4.60. The summed E-state index contributed by atoms with van der Waals surface area (Å²) >= 11 is 0. The van der Waals surface area contributed by atoms with E-state index in [4.69, 9.17) is 0 Å². The number of aryl methyl sites for hydroxylation is 1. The third-order valence-corrected chi connectivity index (χ3v) is 1.98. The molecule has 14 heavy (non-hydrogen) atoms. The molecule has 0 aliphatic carbocycles. The highest BCUT2D eigenvalue weighted by molar-refractivity contribution is 5.54. The zero-order valence-electron chi connectivity index (χ0n) is 8.41. The average molecular weight is 194 g/mol. The van der Waals surface area contributed by atoms with Crippen molar-refractivity contribution in [3.63, 3.8) is 0 Å². The Bertz CT molecular complexity index is 337. The SMILES string of the molecule is CCCNc1ccc(C)c([N+](=O)[O-])c1. The standard InChI is InChI=1S/C10H14N2O2/c1-3-6-11-9-5-4-8(2)10(7-9)12(13)14/h4-5,7,11H,3,6H2,1-2H3. The number of nitro groups is 1. The van der Waals surface area contributed by atoms with E-state index in [2.05, 4.69) is 12.2 Å². The minimum Gasteiger partial charge on any atom is -0.385 e. The Hall–Kier alpha value is -1.58. The molecule has 1 N–H and O–H groups in total. The van der Waals surface area contributed by atoms with Crippen LogP contribution in [0.4, 0.5) is 11.4 Å². The molecule has 1 aromatic carbocycles. The van der Waals surface area contributed by atoms with E-state index in [0.29, 0.717) is 5.56 Å². The molecule has 76 valence electrons. The Morgan fingerprint density at radius 1 is 1.50 bits per heavy atom. The van der Waals surface area contributed by atoms with E-state index in [1.807, 2.05) is 6.07 Å². The predicted molar refractivity (Wildman–Crippen MR) is 56.6 cm³/mol. The number of nitro benzene ring substituents is 1. The maximum absolute atomic E-state index is 10.6. The fourth-order valence-corrected chi connectivity index (χ4v) is 1.19. The molecule has 0 bridgehead atoms. The van der Waals surface area contributed by atoms with Gasteiger partial charge in [0.05, 0.1) is 4.92 Å². The first-order chi connectivity index (χ1) is 6.65. The average Bonchev–Trinajstić information content (AvgIpc) is 2.16. The van der Waals surface area contributed by atoms with E-state index < -0.39 is 0 Å². The van der Waals surface area contributed by atoms with Gasteiger partial charge < -0.3 is 5.32 Å². The molecule has 1 rings (SSSR count). The van der Waals surface area contributed by atoms with Crippen molar-refractivity contribution in [3.8, 4) is 0 Å². The minimum atomic E-state index is -0.355. The normalized spacial score (nSPS) is 9.86. The molecule has 0 aliphatic heterocycles. The van der Waals surface area contributed by atoms with Crippen LogP contribution in [0.25, 0.3) is 0 Å². The van der Waals surface area contributed by atoms with Gasteiger partial charge in [0.25, 0.3) is 5.69 Å². The Morgan fingerprint density at radius 2 is 2.21 bits per heavy atom. The van der Waals surface area contributed by atoms with Crippen LogP contribution in [-0.4, -0.2) is 11.5 Å². The number of hydrogen-bond donors (Lipinski definition) is 1. The second-order valence-corrected chi connectivity index (χ2v) is 3.19. The van der Waals surface area contributed by atoms with Gasteiger partial charge in [0.15, 0.2) is 0 Å². The van der Waals surface area contributed by atoms with Gasteiger partial charge in [-0.2, -0.15) is 0 Å². The maximum atomic E-state index is 10.6. The number of nitrogens with zero attached hydrogens (tertiary/aromatic N) is 1. The summed E-state index contributed by atoms with van der Waals surface area (Å²) in [6.45, 7) is 4.62. The largest absolute Gasteiger partial charge is 0.385 e. The highest BCUT2D eigenvalue weighted by atomic mass is 16.6. The number of nitrogens with one attached hydrogen (secondary N) is 1. The fourth-order valence-electron chi connectivity index (χ4n) is 1.19.